The van der Waals surface area contributed by atoms with Crippen LogP contribution in [-0.4, -0.2) is 43.3 Å². The van der Waals surface area contributed by atoms with E-state index in [1.807, 2.05) is 0 Å². The Kier molecular flexibility index (Phi) is 38.3. The topological polar surface area (TPSA) is 108 Å². The number of carbonyl (C=O) groups excluding carboxylic acids is 2. The molecule has 0 amide bonds. The summed E-state index contributed by atoms with van der Waals surface area (Å²) in [6.45, 7) is 3.72. The minimum atomic E-state index is -4.27. The molecular formula is C45H77O8P. The quantitative estimate of drug-likeness (QED) is 0.0286. The summed E-state index contributed by atoms with van der Waals surface area (Å²) in [6.07, 6.45) is 50.9. The second-order valence-electron chi connectivity index (χ2n) is 13.7. The summed E-state index contributed by atoms with van der Waals surface area (Å²) in [6, 6.07) is 0. The van der Waals surface area contributed by atoms with Gasteiger partial charge in [0.1, 0.15) is 6.61 Å². The maximum Gasteiger partial charge on any atom is 0.472 e. The van der Waals surface area contributed by atoms with E-state index in [2.05, 4.69) is 91.3 Å². The number of carbonyl (C=O) groups is 2. The molecule has 2 unspecified atom stereocenters. The average molecular weight is 777 g/mol. The fourth-order valence-corrected chi connectivity index (χ4v) is 5.90. The number of phosphoric ester groups is 1. The molecule has 0 radical (unpaired) electrons. The van der Waals surface area contributed by atoms with E-state index in [4.69, 9.17) is 14.0 Å². The van der Waals surface area contributed by atoms with Crippen molar-refractivity contribution >= 4 is 19.8 Å². The number of hydrogen-bond acceptors (Lipinski definition) is 7. The highest BCUT2D eigenvalue weighted by atomic mass is 31.2. The van der Waals surface area contributed by atoms with Crippen LogP contribution in [0.2, 0.25) is 0 Å². The van der Waals surface area contributed by atoms with Crippen molar-refractivity contribution in [2.24, 2.45) is 0 Å². The molecule has 0 spiro atoms. The zero-order chi connectivity index (χ0) is 39.6. The first-order chi connectivity index (χ1) is 26.3. The molecule has 54 heavy (non-hydrogen) atoms. The number of esters is 2. The minimum Gasteiger partial charge on any atom is -0.462 e. The van der Waals surface area contributed by atoms with E-state index in [1.165, 1.54) is 51.4 Å². The van der Waals surface area contributed by atoms with Gasteiger partial charge >= 0.3 is 19.8 Å². The molecule has 0 heterocycles. The first-order valence-electron chi connectivity index (χ1n) is 21.1. The van der Waals surface area contributed by atoms with Crippen LogP contribution in [0.15, 0.2) is 72.9 Å². The number of hydrogen-bond donors (Lipinski definition) is 1. The van der Waals surface area contributed by atoms with Crippen LogP contribution in [-0.2, 0) is 32.7 Å². The average Bonchev–Trinajstić information content (AvgIpc) is 3.16. The second kappa shape index (κ2) is 40.2. The minimum absolute atomic E-state index is 0.211. The Morgan fingerprint density at radius 2 is 0.944 bits per heavy atom. The van der Waals surface area contributed by atoms with Gasteiger partial charge in [-0.1, -0.05) is 151 Å². The number of rotatable bonds is 38. The molecule has 0 bridgehead atoms. The molecule has 0 aromatic carbocycles. The summed E-state index contributed by atoms with van der Waals surface area (Å²) in [4.78, 5) is 34.5. The highest BCUT2D eigenvalue weighted by molar-refractivity contribution is 7.47. The van der Waals surface area contributed by atoms with Crippen LogP contribution in [0.1, 0.15) is 174 Å². The van der Waals surface area contributed by atoms with Gasteiger partial charge in [-0.25, -0.2) is 4.57 Å². The van der Waals surface area contributed by atoms with Crippen molar-refractivity contribution in [1.29, 1.82) is 0 Å². The van der Waals surface area contributed by atoms with Gasteiger partial charge < -0.3 is 14.4 Å². The molecule has 1 N–H and O–H groups in total. The fraction of sp³-hybridized carbons (Fsp3) is 0.689. The lowest BCUT2D eigenvalue weighted by Gasteiger charge is -2.19. The highest BCUT2D eigenvalue weighted by Crippen LogP contribution is 2.42. The SMILES string of the molecule is CC/C=C\C/C=C\C/C=C\C/C=C\CCCCCCC(=O)OC(COC(=O)CCCCCCCCC/C=C\C/C=C\CCCCCC)COP(=O)(O)OC. The third-order valence-electron chi connectivity index (χ3n) is 8.68. The Morgan fingerprint density at radius 1 is 0.537 bits per heavy atom. The Bertz CT molecular complexity index is 1110. The highest BCUT2D eigenvalue weighted by Gasteiger charge is 2.24. The van der Waals surface area contributed by atoms with Crippen LogP contribution >= 0.6 is 7.82 Å². The van der Waals surface area contributed by atoms with Crippen molar-refractivity contribution in [3.05, 3.63) is 72.9 Å². The van der Waals surface area contributed by atoms with Gasteiger partial charge in [-0.15, -0.1) is 0 Å². The van der Waals surface area contributed by atoms with Crippen molar-refractivity contribution in [1.82, 2.24) is 0 Å². The van der Waals surface area contributed by atoms with E-state index in [1.54, 1.807) is 0 Å². The van der Waals surface area contributed by atoms with Crippen molar-refractivity contribution in [2.75, 3.05) is 20.3 Å². The molecule has 0 rings (SSSR count). The molecular weight excluding hydrogens is 699 g/mol. The van der Waals surface area contributed by atoms with E-state index in [0.29, 0.717) is 6.42 Å². The van der Waals surface area contributed by atoms with E-state index in [9.17, 15) is 19.0 Å². The van der Waals surface area contributed by atoms with Gasteiger partial charge in [0.05, 0.1) is 6.61 Å². The summed E-state index contributed by atoms with van der Waals surface area (Å²) < 4.78 is 32.0. The van der Waals surface area contributed by atoms with Crippen LogP contribution in [0.3, 0.4) is 0 Å². The molecule has 0 aliphatic rings. The molecule has 0 saturated carbocycles. The third-order valence-corrected chi connectivity index (χ3v) is 9.62. The summed E-state index contributed by atoms with van der Waals surface area (Å²) in [5, 5.41) is 0. The number of allylic oxidation sites excluding steroid dienone is 12. The van der Waals surface area contributed by atoms with E-state index in [0.717, 1.165) is 97.0 Å². The van der Waals surface area contributed by atoms with Crippen LogP contribution in [0.25, 0.3) is 0 Å². The van der Waals surface area contributed by atoms with E-state index in [-0.39, 0.29) is 25.4 Å². The van der Waals surface area contributed by atoms with Gasteiger partial charge in [0.15, 0.2) is 6.10 Å². The van der Waals surface area contributed by atoms with Crippen LogP contribution < -0.4 is 0 Å². The van der Waals surface area contributed by atoms with Crippen molar-refractivity contribution < 1.29 is 37.6 Å². The van der Waals surface area contributed by atoms with Crippen molar-refractivity contribution in [2.45, 2.75) is 180 Å². The summed E-state index contributed by atoms with van der Waals surface area (Å²) in [7, 11) is -3.22. The molecule has 0 fully saturated rings. The molecule has 310 valence electrons. The molecule has 0 aliphatic carbocycles. The molecule has 9 heteroatoms. The lowest BCUT2D eigenvalue weighted by atomic mass is 10.1. The zero-order valence-electron chi connectivity index (χ0n) is 34.3. The Hall–Kier alpha value is -2.51. The number of unbranched alkanes of at least 4 members (excludes halogenated alkanes) is 15. The number of phosphoric acid groups is 1. The Balaban J connectivity index is 4.08. The largest absolute Gasteiger partial charge is 0.472 e. The second-order valence-corrected chi connectivity index (χ2v) is 15.3. The van der Waals surface area contributed by atoms with Crippen LogP contribution in [0, 0.1) is 0 Å². The molecule has 2 atom stereocenters. The maximum absolute atomic E-state index is 12.5. The van der Waals surface area contributed by atoms with Gasteiger partial charge in [-0.05, 0) is 83.5 Å². The molecule has 0 aromatic rings. The summed E-state index contributed by atoms with van der Waals surface area (Å²) in [5.74, 6) is -0.846. The lowest BCUT2D eigenvalue weighted by Crippen LogP contribution is -2.29. The predicted molar refractivity (Wildman–Crippen MR) is 225 cm³/mol. The van der Waals surface area contributed by atoms with Gasteiger partial charge in [-0.3, -0.25) is 18.6 Å². The summed E-state index contributed by atoms with van der Waals surface area (Å²) >= 11 is 0. The molecule has 0 saturated heterocycles. The Labute approximate surface area is 330 Å². The van der Waals surface area contributed by atoms with Gasteiger partial charge in [0, 0.05) is 20.0 Å². The standard InChI is InChI=1S/C45H77O8P/c1-4-6-8-10-12-14-16-18-20-22-24-25-27-29-31-33-35-37-39-44(46)51-41-43(42-52-54(48,49)50-3)53-45(47)40-38-36-34-32-30-28-26-23-21-19-17-15-13-11-9-7-5-2/h7,9,13-16,19-22,26,28,43H,4-6,8,10-12,17-18,23-25,27,29-42H2,1-3H3,(H,48,49)/b9-7-,15-13-,16-14-,21-19-,22-20-,28-26-. The normalized spacial score (nSPS) is 14.1. The van der Waals surface area contributed by atoms with Crippen LogP contribution in [0.4, 0.5) is 0 Å². The summed E-state index contributed by atoms with van der Waals surface area (Å²) in [5.41, 5.74) is 0. The number of ether oxygens (including phenoxy) is 2. The van der Waals surface area contributed by atoms with E-state index >= 15 is 0 Å². The fourth-order valence-electron chi connectivity index (χ4n) is 5.44. The lowest BCUT2D eigenvalue weighted by molar-refractivity contribution is -0.161. The predicted octanol–water partition coefficient (Wildman–Crippen LogP) is 13.3. The van der Waals surface area contributed by atoms with Crippen molar-refractivity contribution in [3.63, 3.8) is 0 Å². The molecule has 8 nitrogen and oxygen atoms in total. The first-order valence-corrected chi connectivity index (χ1v) is 22.6. The molecule has 0 aromatic heterocycles. The van der Waals surface area contributed by atoms with Crippen molar-refractivity contribution in [3.8, 4) is 0 Å². The molecule has 0 aliphatic heterocycles. The zero-order valence-corrected chi connectivity index (χ0v) is 35.2. The first kappa shape index (κ1) is 51.5. The van der Waals surface area contributed by atoms with Gasteiger partial charge in [-0.2, -0.15) is 0 Å². The Morgan fingerprint density at radius 3 is 1.41 bits per heavy atom. The maximum atomic E-state index is 12.5. The van der Waals surface area contributed by atoms with Gasteiger partial charge in [0.2, 0.25) is 0 Å². The van der Waals surface area contributed by atoms with Gasteiger partial charge in [0.25, 0.3) is 0 Å². The third kappa shape index (κ3) is 39.2. The smallest absolute Gasteiger partial charge is 0.462 e. The van der Waals surface area contributed by atoms with E-state index < -0.39 is 26.5 Å². The van der Waals surface area contributed by atoms with Crippen LogP contribution in [0.5, 0.6) is 0 Å². The monoisotopic (exact) mass is 777 g/mol.